The summed E-state index contributed by atoms with van der Waals surface area (Å²) >= 11 is 0. The van der Waals surface area contributed by atoms with Gasteiger partial charge in [0, 0.05) is 0 Å². The fourth-order valence-corrected chi connectivity index (χ4v) is 0. The van der Waals surface area contributed by atoms with Crippen LogP contribution in [0.4, 0.5) is 0 Å². The van der Waals surface area contributed by atoms with Gasteiger partial charge in [-0.15, -0.1) is 0 Å². The van der Waals surface area contributed by atoms with E-state index in [-0.39, 0.29) is 57.2 Å². The molecule has 0 N–H and O–H groups in total. The number of phosphoric acid groups is 2. The Morgan fingerprint density at radius 1 is 0.750 bits per heavy atom. The topological polar surface area (TPSA) is 172 Å². The monoisotopic (exact) mass is 304 g/mol. The molecule has 0 rings (SSSR count). The van der Waals surface area contributed by atoms with Crippen molar-refractivity contribution in [3.8, 4) is 0 Å². The fourth-order valence-electron chi connectivity index (χ4n) is 0. The van der Waals surface area contributed by atoms with Crippen molar-refractivity contribution in [1.82, 2.24) is 0 Å². The number of hydrogen-bond donors (Lipinski definition) is 0. The molecular formula is HNaO8P2Zr. The van der Waals surface area contributed by atoms with Crippen molar-refractivity contribution in [2.45, 2.75) is 0 Å². The van der Waals surface area contributed by atoms with Gasteiger partial charge in [-0.05, 0) is 0 Å². The summed E-state index contributed by atoms with van der Waals surface area (Å²) in [6, 6.07) is 0. The van der Waals surface area contributed by atoms with Crippen molar-refractivity contribution in [3.05, 3.63) is 0 Å². The molecule has 0 aromatic carbocycles. The van der Waals surface area contributed by atoms with Gasteiger partial charge in [0.05, 0.1) is 0 Å². The minimum atomic E-state index is -5.39. The molecular weight excluding hydrogens is 304 g/mol. The number of rotatable bonds is 0. The van der Waals surface area contributed by atoms with Gasteiger partial charge in [-0.25, -0.2) is 0 Å². The second-order valence-corrected chi connectivity index (χ2v) is 2.68. The Hall–Kier alpha value is 2.10. The van der Waals surface area contributed by atoms with Crippen molar-refractivity contribution in [3.63, 3.8) is 0 Å². The molecule has 0 saturated carbocycles. The first-order chi connectivity index (χ1) is 4.00. The van der Waals surface area contributed by atoms with Crippen LogP contribution in [0, 0.1) is 0 Å². The van der Waals surface area contributed by atoms with Gasteiger partial charge in [-0.1, -0.05) is 0 Å². The van der Waals surface area contributed by atoms with Crippen LogP contribution in [-0.2, 0) is 35.3 Å². The van der Waals surface area contributed by atoms with E-state index in [4.69, 9.17) is 38.5 Å². The minimum Gasteiger partial charge on any atom is -0.822 e. The van der Waals surface area contributed by atoms with Crippen LogP contribution in [0.3, 0.4) is 0 Å². The zero-order valence-electron chi connectivity index (χ0n) is 6.66. The van der Waals surface area contributed by atoms with Gasteiger partial charge in [0.15, 0.2) is 0 Å². The average molecular weight is 305 g/mol. The van der Waals surface area contributed by atoms with Crippen molar-refractivity contribution in [2.75, 3.05) is 0 Å². The van der Waals surface area contributed by atoms with Gasteiger partial charge < -0.3 is 38.5 Å². The largest absolute Gasteiger partial charge is 4.00 e. The van der Waals surface area contributed by atoms with Crippen LogP contribution in [0.15, 0.2) is 0 Å². The predicted octanol–water partition coefficient (Wildman–Crippen LogP) is -8.54. The SMILES string of the molecule is O=P([O-])([O-])[O-].O=P([O-])([O-])[O-].[H+].[Na+].[Zr+4]. The molecule has 0 heterocycles. The molecule has 0 atom stereocenters. The van der Waals surface area contributed by atoms with E-state index in [2.05, 4.69) is 0 Å². The second kappa shape index (κ2) is 9.65. The molecule has 0 aromatic heterocycles. The third-order valence-electron chi connectivity index (χ3n) is 0. The smallest absolute Gasteiger partial charge is 0.822 e. The minimum absolute atomic E-state index is 0. The van der Waals surface area contributed by atoms with Crippen LogP contribution >= 0.6 is 15.6 Å². The molecule has 12 heteroatoms. The molecule has 8 nitrogen and oxygen atoms in total. The third kappa shape index (κ3) is 337. The van der Waals surface area contributed by atoms with E-state index in [0.717, 1.165) is 0 Å². The first kappa shape index (κ1) is 23.7. The van der Waals surface area contributed by atoms with Crippen LogP contribution in [0.2, 0.25) is 0 Å². The van der Waals surface area contributed by atoms with E-state index in [1.807, 2.05) is 0 Å². The summed E-state index contributed by atoms with van der Waals surface area (Å²) in [5.74, 6) is 0. The van der Waals surface area contributed by atoms with Crippen LogP contribution in [0.25, 0.3) is 0 Å². The maximum absolute atomic E-state index is 8.55. The average Bonchev–Trinajstić information content (AvgIpc) is 1.12. The third-order valence-corrected chi connectivity index (χ3v) is 0. The standard InChI is InChI=1S/Na.2H3O4P.Zr/c;2*1-5(2,3)4;/h;2*(H3,1,2,3,4);/q+1;;;+4/p-5. The Labute approximate surface area is 110 Å². The van der Waals surface area contributed by atoms with Gasteiger partial charge in [0.25, 0.3) is 0 Å². The van der Waals surface area contributed by atoms with Gasteiger partial charge in [-0.3, -0.25) is 0 Å². The van der Waals surface area contributed by atoms with E-state index >= 15 is 0 Å². The fraction of sp³-hybridized carbons (Fsp3) is 0. The molecule has 0 aromatic rings. The molecule has 0 aliphatic carbocycles. The van der Waals surface area contributed by atoms with Gasteiger partial charge >= 0.3 is 57.2 Å². The Balaban J connectivity index is -0.0000000267. The molecule has 0 saturated heterocycles. The molecule has 12 heavy (non-hydrogen) atoms. The van der Waals surface area contributed by atoms with E-state index in [1.165, 1.54) is 0 Å². The summed E-state index contributed by atoms with van der Waals surface area (Å²) < 4.78 is 17.1. The van der Waals surface area contributed by atoms with Gasteiger partial charge in [0.2, 0.25) is 0 Å². The van der Waals surface area contributed by atoms with Crippen molar-refractivity contribution in [2.24, 2.45) is 0 Å². The first-order valence-electron chi connectivity index (χ1n) is 1.46. The summed E-state index contributed by atoms with van der Waals surface area (Å²) in [6.07, 6.45) is 0. The molecule has 0 aliphatic rings. The summed E-state index contributed by atoms with van der Waals surface area (Å²) in [7, 11) is -10.8. The van der Waals surface area contributed by atoms with Crippen molar-refractivity contribution >= 4 is 15.6 Å². The Morgan fingerprint density at radius 2 is 0.750 bits per heavy atom. The van der Waals surface area contributed by atoms with Crippen molar-refractivity contribution < 1.29 is 95.7 Å². The summed E-state index contributed by atoms with van der Waals surface area (Å²) in [5, 5.41) is 0. The Bertz CT molecular complexity index is 134. The Morgan fingerprint density at radius 3 is 0.750 bits per heavy atom. The van der Waals surface area contributed by atoms with Crippen LogP contribution in [-0.4, -0.2) is 0 Å². The summed E-state index contributed by atoms with van der Waals surface area (Å²) in [4.78, 5) is 51.3. The van der Waals surface area contributed by atoms with Gasteiger partial charge in [-0.2, -0.15) is 15.6 Å². The molecule has 0 spiro atoms. The van der Waals surface area contributed by atoms with E-state index < -0.39 is 15.6 Å². The zero-order valence-corrected chi connectivity index (χ0v) is 11.9. The zero-order chi connectivity index (χ0) is 9.00. The predicted molar refractivity (Wildman–Crippen MR) is 16.3 cm³/mol. The van der Waals surface area contributed by atoms with E-state index in [0.29, 0.717) is 0 Å². The van der Waals surface area contributed by atoms with Crippen LogP contribution in [0.5, 0.6) is 0 Å². The summed E-state index contributed by atoms with van der Waals surface area (Å²) in [6.45, 7) is 0. The first-order valence-corrected chi connectivity index (χ1v) is 4.38. The Kier molecular flexibility index (Phi) is 19.1. The molecule has 0 unspecified atom stereocenters. The molecule has 0 amide bonds. The molecule has 0 radical (unpaired) electrons. The maximum Gasteiger partial charge on any atom is 4.00 e. The normalized spacial score (nSPS) is 9.83. The van der Waals surface area contributed by atoms with Crippen LogP contribution in [0.1, 0.15) is 1.43 Å². The quantitative estimate of drug-likeness (QED) is 0.313. The van der Waals surface area contributed by atoms with Crippen LogP contribution < -0.4 is 58.9 Å². The summed E-state index contributed by atoms with van der Waals surface area (Å²) in [5.41, 5.74) is 0. The van der Waals surface area contributed by atoms with E-state index in [9.17, 15) is 0 Å². The molecule has 0 bridgehead atoms. The molecule has 0 fully saturated rings. The maximum atomic E-state index is 8.55. The number of hydrogen-bond acceptors (Lipinski definition) is 8. The molecule has 0 aliphatic heterocycles. The molecule has 64 valence electrons. The van der Waals surface area contributed by atoms with Gasteiger partial charge in [0.1, 0.15) is 0 Å². The van der Waals surface area contributed by atoms with Crippen molar-refractivity contribution in [1.29, 1.82) is 0 Å². The van der Waals surface area contributed by atoms with E-state index in [1.54, 1.807) is 0 Å². The second-order valence-electron chi connectivity index (χ2n) is 0.894.